The summed E-state index contributed by atoms with van der Waals surface area (Å²) in [7, 11) is 1.61. The molecule has 3 rings (SSSR count). The van der Waals surface area contributed by atoms with Gasteiger partial charge in [-0.1, -0.05) is 29.8 Å². The number of ether oxygens (including phenoxy) is 1. The summed E-state index contributed by atoms with van der Waals surface area (Å²) in [5, 5.41) is 6.04. The molecule has 0 bridgehead atoms. The molecule has 4 nitrogen and oxygen atoms in total. The highest BCUT2D eigenvalue weighted by molar-refractivity contribution is 6.33. The van der Waals surface area contributed by atoms with Crippen LogP contribution in [0.3, 0.4) is 0 Å². The van der Waals surface area contributed by atoms with E-state index in [1.807, 2.05) is 36.4 Å². The minimum atomic E-state index is -4.50. The van der Waals surface area contributed by atoms with Crippen LogP contribution in [0.2, 0.25) is 5.02 Å². The summed E-state index contributed by atoms with van der Waals surface area (Å²) in [6.45, 7) is 1.77. The lowest BCUT2D eigenvalue weighted by molar-refractivity contribution is -0.137. The number of benzene rings is 2. The first-order valence-electron chi connectivity index (χ1n) is 7.89. The van der Waals surface area contributed by atoms with Crippen LogP contribution < -0.4 is 10.2 Å². The Morgan fingerprint density at radius 1 is 1.11 bits per heavy atom. The van der Waals surface area contributed by atoms with E-state index in [2.05, 4.69) is 15.5 Å². The van der Waals surface area contributed by atoms with Crippen molar-refractivity contribution in [2.75, 3.05) is 12.5 Å². The van der Waals surface area contributed by atoms with Crippen LogP contribution in [0.15, 0.2) is 53.8 Å². The van der Waals surface area contributed by atoms with Crippen molar-refractivity contribution < 1.29 is 17.9 Å². The second kappa shape index (κ2) is 7.44. The fourth-order valence-corrected chi connectivity index (χ4v) is 2.66. The number of fused-ring (bicyclic) bond motifs is 1. The largest absolute Gasteiger partial charge is 0.497 e. The highest BCUT2D eigenvalue weighted by Crippen LogP contribution is 2.32. The molecule has 8 heteroatoms. The molecule has 0 saturated carbocycles. The van der Waals surface area contributed by atoms with Crippen molar-refractivity contribution in [3.8, 4) is 5.75 Å². The van der Waals surface area contributed by atoms with Crippen molar-refractivity contribution in [1.82, 2.24) is 4.98 Å². The van der Waals surface area contributed by atoms with Gasteiger partial charge in [-0.3, -0.25) is 5.43 Å². The minimum absolute atomic E-state index is 0.0505. The Kier molecular flexibility index (Phi) is 5.23. The van der Waals surface area contributed by atoms with E-state index in [4.69, 9.17) is 16.3 Å². The normalized spacial score (nSPS) is 12.3. The van der Waals surface area contributed by atoms with Crippen LogP contribution in [0.1, 0.15) is 18.1 Å². The van der Waals surface area contributed by atoms with Crippen LogP contribution in [-0.2, 0) is 6.18 Å². The van der Waals surface area contributed by atoms with Gasteiger partial charge < -0.3 is 4.74 Å². The van der Waals surface area contributed by atoms with Gasteiger partial charge in [-0.05, 0) is 47.5 Å². The van der Waals surface area contributed by atoms with Crippen molar-refractivity contribution in [1.29, 1.82) is 0 Å². The summed E-state index contributed by atoms with van der Waals surface area (Å²) >= 11 is 5.87. The molecule has 1 heterocycles. The predicted molar refractivity (Wildman–Crippen MR) is 101 cm³/mol. The van der Waals surface area contributed by atoms with Crippen molar-refractivity contribution in [3.05, 3.63) is 64.8 Å². The quantitative estimate of drug-likeness (QED) is 0.453. The zero-order valence-electron chi connectivity index (χ0n) is 14.4. The smallest absolute Gasteiger partial charge is 0.417 e. The average Bonchev–Trinajstić information content (AvgIpc) is 2.65. The van der Waals surface area contributed by atoms with Crippen molar-refractivity contribution in [2.24, 2.45) is 5.10 Å². The number of nitrogens with one attached hydrogen (secondary N) is 1. The molecule has 0 unspecified atom stereocenters. The molecule has 1 N–H and O–H groups in total. The molecule has 0 spiro atoms. The second-order valence-electron chi connectivity index (χ2n) is 5.79. The molecule has 0 aliphatic carbocycles. The fraction of sp³-hybridized carbons (Fsp3) is 0.158. The monoisotopic (exact) mass is 393 g/mol. The van der Waals surface area contributed by atoms with Gasteiger partial charge in [0, 0.05) is 6.20 Å². The van der Waals surface area contributed by atoms with E-state index in [1.54, 1.807) is 14.0 Å². The van der Waals surface area contributed by atoms with E-state index in [0.29, 0.717) is 11.9 Å². The predicted octanol–water partition coefficient (Wildman–Crippen LogP) is 5.75. The molecule has 2 aromatic carbocycles. The molecular formula is C19H15ClF3N3O. The first-order chi connectivity index (χ1) is 12.8. The molecule has 140 valence electrons. The number of rotatable bonds is 4. The van der Waals surface area contributed by atoms with Crippen LogP contribution in [-0.4, -0.2) is 17.8 Å². The maximum Gasteiger partial charge on any atom is 0.417 e. The van der Waals surface area contributed by atoms with Crippen molar-refractivity contribution in [2.45, 2.75) is 13.1 Å². The number of hydrogen-bond donors (Lipinski definition) is 1. The van der Waals surface area contributed by atoms with E-state index in [9.17, 15) is 13.2 Å². The molecule has 0 aliphatic heterocycles. The van der Waals surface area contributed by atoms with E-state index in [0.717, 1.165) is 28.2 Å². The lowest BCUT2D eigenvalue weighted by atomic mass is 10.0. The van der Waals surface area contributed by atoms with E-state index in [1.165, 1.54) is 0 Å². The molecule has 0 amide bonds. The molecule has 0 fully saturated rings. The Hall–Kier alpha value is -2.80. The second-order valence-corrected chi connectivity index (χ2v) is 6.20. The Labute approximate surface area is 158 Å². The number of hydrogen-bond acceptors (Lipinski definition) is 4. The maximum atomic E-state index is 12.7. The number of anilines is 1. The summed E-state index contributed by atoms with van der Waals surface area (Å²) < 4.78 is 43.2. The molecular weight excluding hydrogens is 379 g/mol. The summed E-state index contributed by atoms with van der Waals surface area (Å²) in [4.78, 5) is 3.70. The number of alkyl halides is 3. The summed E-state index contributed by atoms with van der Waals surface area (Å²) in [6.07, 6.45) is -3.79. The van der Waals surface area contributed by atoms with Gasteiger partial charge in [0.25, 0.3) is 0 Å². The molecule has 0 atom stereocenters. The molecule has 27 heavy (non-hydrogen) atoms. The van der Waals surface area contributed by atoms with Crippen LogP contribution in [0.4, 0.5) is 19.0 Å². The van der Waals surface area contributed by atoms with Crippen LogP contribution in [0, 0.1) is 0 Å². The lowest BCUT2D eigenvalue weighted by Gasteiger charge is -2.09. The summed E-state index contributed by atoms with van der Waals surface area (Å²) in [5.74, 6) is 0.819. The third kappa shape index (κ3) is 4.31. The highest BCUT2D eigenvalue weighted by atomic mass is 35.5. The van der Waals surface area contributed by atoms with Gasteiger partial charge in [0.05, 0.1) is 23.4 Å². The van der Waals surface area contributed by atoms with Crippen molar-refractivity contribution >= 4 is 33.9 Å². The number of hydrazone groups is 1. The van der Waals surface area contributed by atoms with Gasteiger partial charge >= 0.3 is 6.18 Å². The number of nitrogens with zero attached hydrogens (tertiary/aromatic N) is 2. The Balaban J connectivity index is 1.82. The first-order valence-corrected chi connectivity index (χ1v) is 8.27. The molecule has 0 aliphatic rings. The molecule has 1 aromatic heterocycles. The van der Waals surface area contributed by atoms with Crippen LogP contribution in [0.5, 0.6) is 5.75 Å². The zero-order chi connectivity index (χ0) is 19.6. The Morgan fingerprint density at radius 2 is 1.81 bits per heavy atom. The number of pyridine rings is 1. The third-order valence-electron chi connectivity index (χ3n) is 3.96. The number of aromatic nitrogens is 1. The molecule has 0 radical (unpaired) electrons. The van der Waals surface area contributed by atoms with Gasteiger partial charge in [0.15, 0.2) is 5.82 Å². The Morgan fingerprint density at radius 3 is 2.48 bits per heavy atom. The maximum absolute atomic E-state index is 12.7. The number of halogens is 4. The fourth-order valence-electron chi connectivity index (χ4n) is 2.45. The van der Waals surface area contributed by atoms with Crippen LogP contribution in [0.25, 0.3) is 10.8 Å². The molecule has 0 saturated heterocycles. The molecule has 3 aromatic rings. The number of methoxy groups -OCH3 is 1. The standard InChI is InChI=1S/C19H15ClF3N3O/c1-11(12-3-4-14-8-16(27-2)6-5-13(14)7-12)25-26-18-17(20)9-15(10-24-18)19(21,22)23/h3-10H,1-2H3,(H,24,26)/b25-11-. The first kappa shape index (κ1) is 19.0. The van der Waals surface area contributed by atoms with Gasteiger partial charge in [-0.2, -0.15) is 18.3 Å². The SMILES string of the molecule is COc1ccc2cc(/C(C)=N\Nc3ncc(C(F)(F)F)cc3Cl)ccc2c1. The topological polar surface area (TPSA) is 46.5 Å². The Bertz CT molecular complexity index is 1020. The van der Waals surface area contributed by atoms with Gasteiger partial charge in [-0.15, -0.1) is 0 Å². The van der Waals surface area contributed by atoms with Gasteiger partial charge in [-0.25, -0.2) is 4.98 Å². The van der Waals surface area contributed by atoms with E-state index < -0.39 is 11.7 Å². The van der Waals surface area contributed by atoms with E-state index >= 15 is 0 Å². The van der Waals surface area contributed by atoms with Gasteiger partial charge in [0.2, 0.25) is 0 Å². The van der Waals surface area contributed by atoms with Crippen LogP contribution >= 0.6 is 11.6 Å². The summed E-state index contributed by atoms with van der Waals surface area (Å²) in [5.41, 5.74) is 3.18. The average molecular weight is 394 g/mol. The van der Waals surface area contributed by atoms with Gasteiger partial charge in [0.1, 0.15) is 5.75 Å². The highest BCUT2D eigenvalue weighted by Gasteiger charge is 2.31. The zero-order valence-corrected chi connectivity index (χ0v) is 15.2. The lowest BCUT2D eigenvalue weighted by Crippen LogP contribution is -2.07. The third-order valence-corrected chi connectivity index (χ3v) is 4.25. The minimum Gasteiger partial charge on any atom is -0.497 e. The van der Waals surface area contributed by atoms with E-state index in [-0.39, 0.29) is 10.8 Å². The summed E-state index contributed by atoms with van der Waals surface area (Å²) in [6, 6.07) is 12.3. The van der Waals surface area contributed by atoms with Crippen molar-refractivity contribution in [3.63, 3.8) is 0 Å².